The number of carbonyl (C=O) groups excluding carboxylic acids is 1. The molecule has 1 aromatic rings. The normalized spacial score (nSPS) is 9.38. The minimum absolute atomic E-state index is 0.520. The summed E-state index contributed by atoms with van der Waals surface area (Å²) in [5, 5.41) is 6.29. The van der Waals surface area contributed by atoms with Gasteiger partial charge in [-0.25, -0.2) is 5.53 Å². The van der Waals surface area contributed by atoms with Crippen LogP contribution in [0.5, 0.6) is 0 Å². The monoisotopic (exact) mass is 177 g/mol. The van der Waals surface area contributed by atoms with E-state index in [-0.39, 0.29) is 0 Å². The molecule has 0 unspecified atom stereocenters. The molecular formula is C9H11N3O. The van der Waals surface area contributed by atoms with Crippen molar-refractivity contribution in [2.24, 2.45) is 5.11 Å². The zero-order valence-electron chi connectivity index (χ0n) is 7.59. The summed E-state index contributed by atoms with van der Waals surface area (Å²) in [6.45, 7) is 1.78. The van der Waals surface area contributed by atoms with E-state index in [0.29, 0.717) is 11.3 Å². The summed E-state index contributed by atoms with van der Waals surface area (Å²) in [6.07, 6.45) is 0.767. The van der Waals surface area contributed by atoms with E-state index in [9.17, 15) is 4.79 Å². The van der Waals surface area contributed by atoms with Gasteiger partial charge in [0.05, 0.1) is 5.69 Å². The molecule has 68 valence electrons. The van der Waals surface area contributed by atoms with Crippen molar-refractivity contribution in [1.29, 1.82) is 5.53 Å². The van der Waals surface area contributed by atoms with Crippen LogP contribution in [0.3, 0.4) is 0 Å². The predicted molar refractivity (Wildman–Crippen MR) is 50.9 cm³/mol. The lowest BCUT2D eigenvalue weighted by Crippen LogP contribution is -1.93. The maximum absolute atomic E-state index is 10.6. The second kappa shape index (κ2) is 3.80. The average molecular weight is 177 g/mol. The highest BCUT2D eigenvalue weighted by molar-refractivity contribution is 5.84. The molecule has 0 amide bonds. The number of aldehydes is 1. The number of benzene rings is 1. The zero-order valence-corrected chi connectivity index (χ0v) is 7.59. The van der Waals surface area contributed by atoms with Crippen LogP contribution in [-0.2, 0) is 0 Å². The van der Waals surface area contributed by atoms with Crippen molar-refractivity contribution < 1.29 is 4.79 Å². The van der Waals surface area contributed by atoms with E-state index in [2.05, 4.69) is 10.4 Å². The summed E-state index contributed by atoms with van der Waals surface area (Å²) in [6, 6.07) is 3.45. The summed E-state index contributed by atoms with van der Waals surface area (Å²) >= 11 is 0. The molecule has 0 saturated carbocycles. The minimum atomic E-state index is 0.520. The molecule has 0 radical (unpaired) electrons. The van der Waals surface area contributed by atoms with E-state index < -0.39 is 0 Å². The fraction of sp³-hybridized carbons (Fsp3) is 0.222. The lowest BCUT2D eigenvalue weighted by atomic mass is 10.1. The predicted octanol–water partition coefficient (Wildman–Crippen LogP) is 2.51. The molecule has 0 saturated heterocycles. The number of hydrogen-bond acceptors (Lipinski definition) is 4. The third-order valence-electron chi connectivity index (χ3n) is 1.98. The van der Waals surface area contributed by atoms with Gasteiger partial charge < -0.3 is 5.32 Å². The number of anilines is 1. The van der Waals surface area contributed by atoms with Crippen LogP contribution in [-0.4, -0.2) is 13.3 Å². The lowest BCUT2D eigenvalue weighted by Gasteiger charge is -2.07. The molecule has 0 bridgehead atoms. The molecule has 4 nitrogen and oxygen atoms in total. The van der Waals surface area contributed by atoms with Gasteiger partial charge in [-0.2, -0.15) is 5.11 Å². The van der Waals surface area contributed by atoms with Crippen molar-refractivity contribution in [1.82, 2.24) is 0 Å². The fourth-order valence-corrected chi connectivity index (χ4v) is 1.19. The van der Waals surface area contributed by atoms with Crippen LogP contribution in [0.2, 0.25) is 0 Å². The first-order valence-electron chi connectivity index (χ1n) is 3.88. The third kappa shape index (κ3) is 1.56. The Morgan fingerprint density at radius 3 is 2.69 bits per heavy atom. The number of carbonyl (C=O) groups is 1. The van der Waals surface area contributed by atoms with Crippen LogP contribution in [0.15, 0.2) is 17.2 Å². The van der Waals surface area contributed by atoms with Crippen molar-refractivity contribution >= 4 is 17.7 Å². The SMILES string of the molecule is CNc1ccc(C=O)c(C)c1N=N. The third-order valence-corrected chi connectivity index (χ3v) is 1.98. The maximum Gasteiger partial charge on any atom is 0.150 e. The van der Waals surface area contributed by atoms with Crippen molar-refractivity contribution in [3.8, 4) is 0 Å². The van der Waals surface area contributed by atoms with E-state index in [0.717, 1.165) is 17.5 Å². The van der Waals surface area contributed by atoms with Gasteiger partial charge in [-0.05, 0) is 24.6 Å². The van der Waals surface area contributed by atoms with E-state index in [1.54, 1.807) is 26.1 Å². The quantitative estimate of drug-likeness (QED) is 0.550. The van der Waals surface area contributed by atoms with Crippen molar-refractivity contribution in [3.63, 3.8) is 0 Å². The number of nitrogens with zero attached hydrogens (tertiary/aromatic N) is 1. The summed E-state index contributed by atoms with van der Waals surface area (Å²) in [7, 11) is 1.75. The van der Waals surface area contributed by atoms with Gasteiger partial charge in [0.15, 0.2) is 0 Å². The highest BCUT2D eigenvalue weighted by Gasteiger charge is 2.07. The van der Waals surface area contributed by atoms with Gasteiger partial charge >= 0.3 is 0 Å². The lowest BCUT2D eigenvalue weighted by molar-refractivity contribution is 0.112. The molecule has 0 aliphatic rings. The molecule has 0 aliphatic heterocycles. The smallest absolute Gasteiger partial charge is 0.150 e. The minimum Gasteiger partial charge on any atom is -0.386 e. The van der Waals surface area contributed by atoms with Crippen LogP contribution in [0, 0.1) is 12.5 Å². The Morgan fingerprint density at radius 2 is 2.23 bits per heavy atom. The molecule has 0 aromatic heterocycles. The summed E-state index contributed by atoms with van der Waals surface area (Å²) < 4.78 is 0. The standard InChI is InChI=1S/C9H11N3O/c1-6-7(5-13)3-4-8(11-2)9(6)12-10/h3-5,10-11H,1-2H3. The van der Waals surface area contributed by atoms with Crippen LogP contribution >= 0.6 is 0 Å². The molecule has 2 N–H and O–H groups in total. The van der Waals surface area contributed by atoms with E-state index >= 15 is 0 Å². The Morgan fingerprint density at radius 1 is 1.54 bits per heavy atom. The summed E-state index contributed by atoms with van der Waals surface area (Å²) in [4.78, 5) is 10.6. The first-order valence-corrected chi connectivity index (χ1v) is 3.88. The van der Waals surface area contributed by atoms with Gasteiger partial charge in [0.25, 0.3) is 0 Å². The molecule has 0 heterocycles. The van der Waals surface area contributed by atoms with Crippen LogP contribution in [0.1, 0.15) is 15.9 Å². The Labute approximate surface area is 76.5 Å². The maximum atomic E-state index is 10.6. The van der Waals surface area contributed by atoms with Gasteiger partial charge in [0.2, 0.25) is 0 Å². The Bertz CT molecular complexity index is 347. The summed E-state index contributed by atoms with van der Waals surface area (Å²) in [5.41, 5.74) is 9.56. The molecule has 0 fully saturated rings. The van der Waals surface area contributed by atoms with Gasteiger partial charge in [0.1, 0.15) is 12.0 Å². The highest BCUT2D eigenvalue weighted by atomic mass is 16.1. The molecule has 0 spiro atoms. The van der Waals surface area contributed by atoms with Gasteiger partial charge in [-0.1, -0.05) is 0 Å². The van der Waals surface area contributed by atoms with Crippen molar-refractivity contribution in [2.75, 3.05) is 12.4 Å². The Hall–Kier alpha value is -1.71. The Kier molecular flexibility index (Phi) is 2.74. The molecule has 1 rings (SSSR count). The molecular weight excluding hydrogens is 166 g/mol. The summed E-state index contributed by atoms with van der Waals surface area (Å²) in [5.74, 6) is 0. The zero-order chi connectivity index (χ0) is 9.84. The second-order valence-corrected chi connectivity index (χ2v) is 2.66. The number of hydrogen-bond donors (Lipinski definition) is 2. The van der Waals surface area contributed by atoms with Crippen LogP contribution < -0.4 is 5.32 Å². The van der Waals surface area contributed by atoms with Crippen LogP contribution in [0.25, 0.3) is 0 Å². The molecule has 13 heavy (non-hydrogen) atoms. The largest absolute Gasteiger partial charge is 0.386 e. The second-order valence-electron chi connectivity index (χ2n) is 2.66. The fourth-order valence-electron chi connectivity index (χ4n) is 1.19. The number of rotatable bonds is 3. The topological polar surface area (TPSA) is 65.3 Å². The van der Waals surface area contributed by atoms with Gasteiger partial charge in [-0.3, -0.25) is 4.79 Å². The molecule has 4 heteroatoms. The van der Waals surface area contributed by atoms with Crippen molar-refractivity contribution in [2.45, 2.75) is 6.92 Å². The molecule has 0 aliphatic carbocycles. The van der Waals surface area contributed by atoms with E-state index in [4.69, 9.17) is 5.53 Å². The van der Waals surface area contributed by atoms with Crippen molar-refractivity contribution in [3.05, 3.63) is 23.3 Å². The van der Waals surface area contributed by atoms with Gasteiger partial charge in [0, 0.05) is 12.6 Å². The molecule has 1 aromatic carbocycles. The van der Waals surface area contributed by atoms with Gasteiger partial charge in [-0.15, -0.1) is 0 Å². The Balaban J connectivity index is 3.39. The first-order chi connectivity index (χ1) is 6.24. The average Bonchev–Trinajstić information content (AvgIpc) is 2.17. The molecule has 0 atom stereocenters. The number of nitrogens with one attached hydrogen (secondary N) is 2. The highest BCUT2D eigenvalue weighted by Crippen LogP contribution is 2.30. The first kappa shape index (κ1) is 9.38. The van der Waals surface area contributed by atoms with E-state index in [1.165, 1.54) is 0 Å². The van der Waals surface area contributed by atoms with E-state index in [1.807, 2.05) is 0 Å². The van der Waals surface area contributed by atoms with Crippen LogP contribution in [0.4, 0.5) is 11.4 Å².